The predicted molar refractivity (Wildman–Crippen MR) is 53.8 cm³/mol. The zero-order chi connectivity index (χ0) is 10.3. The van der Waals surface area contributed by atoms with Gasteiger partial charge in [0.1, 0.15) is 0 Å². The van der Waals surface area contributed by atoms with E-state index in [4.69, 9.17) is 5.11 Å². The Bertz CT molecular complexity index is 183. The Labute approximate surface area is 79.8 Å². The first-order valence-electron chi connectivity index (χ1n) is 4.75. The van der Waals surface area contributed by atoms with E-state index in [1.165, 1.54) is 0 Å². The lowest BCUT2D eigenvalue weighted by atomic mass is 10.2. The predicted octanol–water partition coefficient (Wildman–Crippen LogP) is 1.80. The number of carbonyl (C=O) groups is 1. The first-order chi connectivity index (χ1) is 6.11. The highest BCUT2D eigenvalue weighted by atomic mass is 16.4. The minimum absolute atomic E-state index is 0.401. The van der Waals surface area contributed by atoms with Crippen molar-refractivity contribution in [2.45, 2.75) is 39.7 Å². The molecule has 0 aliphatic heterocycles. The van der Waals surface area contributed by atoms with Crippen LogP contribution in [0, 0.1) is 0 Å². The molecule has 0 spiro atoms. The molecule has 0 radical (unpaired) electrons. The summed E-state index contributed by atoms with van der Waals surface area (Å²) in [4.78, 5) is 10.4. The van der Waals surface area contributed by atoms with Crippen LogP contribution in [0.4, 0.5) is 0 Å². The van der Waals surface area contributed by atoms with E-state index >= 15 is 0 Å². The molecule has 0 aromatic carbocycles. The summed E-state index contributed by atoms with van der Waals surface area (Å²) in [5.74, 6) is -0.841. The van der Waals surface area contributed by atoms with Gasteiger partial charge in [-0.3, -0.25) is 0 Å². The van der Waals surface area contributed by atoms with E-state index in [1.54, 1.807) is 13.0 Å². The van der Waals surface area contributed by atoms with Crippen molar-refractivity contribution in [1.29, 1.82) is 0 Å². The Morgan fingerprint density at radius 1 is 1.46 bits per heavy atom. The molecule has 0 amide bonds. The summed E-state index contributed by atoms with van der Waals surface area (Å²) in [5.41, 5.74) is 0.401. The van der Waals surface area contributed by atoms with E-state index in [-0.39, 0.29) is 0 Å². The van der Waals surface area contributed by atoms with Gasteiger partial charge in [0.15, 0.2) is 0 Å². The van der Waals surface area contributed by atoms with Crippen LogP contribution in [0.2, 0.25) is 0 Å². The van der Waals surface area contributed by atoms with Gasteiger partial charge in [0.05, 0.1) is 0 Å². The van der Waals surface area contributed by atoms with Crippen molar-refractivity contribution in [3.05, 3.63) is 11.6 Å². The number of carboxylic acid groups (broad SMARTS) is 1. The molecule has 3 heteroatoms. The molecule has 3 nitrogen and oxygen atoms in total. The average Bonchev–Trinajstić information content (AvgIpc) is 2.12. The van der Waals surface area contributed by atoms with Gasteiger partial charge in [-0.05, 0) is 19.8 Å². The van der Waals surface area contributed by atoms with Gasteiger partial charge < -0.3 is 10.4 Å². The zero-order valence-electron chi connectivity index (χ0n) is 8.63. The van der Waals surface area contributed by atoms with Gasteiger partial charge in [-0.2, -0.15) is 0 Å². The highest BCUT2D eigenvalue weighted by molar-refractivity contribution is 5.85. The lowest BCUT2D eigenvalue weighted by Crippen LogP contribution is -2.27. The van der Waals surface area contributed by atoms with Crippen LogP contribution in [0.1, 0.15) is 33.6 Å². The molecule has 0 saturated heterocycles. The minimum Gasteiger partial charge on any atom is -0.478 e. The molecule has 0 bridgehead atoms. The van der Waals surface area contributed by atoms with E-state index in [0.717, 1.165) is 12.8 Å². The topological polar surface area (TPSA) is 49.3 Å². The van der Waals surface area contributed by atoms with Crippen LogP contribution < -0.4 is 5.32 Å². The first kappa shape index (κ1) is 12.2. The molecule has 0 saturated carbocycles. The molecule has 0 aromatic heterocycles. The van der Waals surface area contributed by atoms with Crippen molar-refractivity contribution < 1.29 is 9.90 Å². The molecule has 76 valence electrons. The Morgan fingerprint density at radius 3 is 2.38 bits per heavy atom. The summed E-state index contributed by atoms with van der Waals surface area (Å²) in [5, 5.41) is 11.8. The number of aliphatic carboxylic acids is 1. The van der Waals surface area contributed by atoms with Crippen molar-refractivity contribution >= 4 is 5.97 Å². The normalized spacial score (nSPS) is 12.2. The summed E-state index contributed by atoms with van der Waals surface area (Å²) >= 11 is 0. The molecule has 0 unspecified atom stereocenters. The Balaban J connectivity index is 3.76. The number of hydrogen-bond donors (Lipinski definition) is 2. The third-order valence-electron chi connectivity index (χ3n) is 2.14. The molecule has 0 aromatic rings. The second kappa shape index (κ2) is 6.66. The van der Waals surface area contributed by atoms with Crippen molar-refractivity contribution in [3.8, 4) is 0 Å². The Hall–Kier alpha value is -0.830. The SMILES string of the molecule is CCC(CC)NC/C=C(/C)C(=O)O. The highest BCUT2D eigenvalue weighted by Crippen LogP contribution is 1.96. The van der Waals surface area contributed by atoms with Gasteiger partial charge >= 0.3 is 5.97 Å². The number of rotatable bonds is 6. The second-order valence-corrected chi connectivity index (χ2v) is 3.11. The second-order valence-electron chi connectivity index (χ2n) is 3.11. The third-order valence-corrected chi connectivity index (χ3v) is 2.14. The van der Waals surface area contributed by atoms with Crippen LogP contribution in [0.25, 0.3) is 0 Å². The summed E-state index contributed by atoms with van der Waals surface area (Å²) in [6.45, 7) is 6.49. The van der Waals surface area contributed by atoms with E-state index in [1.807, 2.05) is 0 Å². The van der Waals surface area contributed by atoms with Gasteiger partial charge in [0.2, 0.25) is 0 Å². The molecule has 0 aliphatic carbocycles. The quantitative estimate of drug-likeness (QED) is 0.620. The number of hydrogen-bond acceptors (Lipinski definition) is 2. The van der Waals surface area contributed by atoms with Crippen LogP contribution in [-0.2, 0) is 4.79 Å². The fraction of sp³-hybridized carbons (Fsp3) is 0.700. The van der Waals surface area contributed by atoms with Gasteiger partial charge in [-0.15, -0.1) is 0 Å². The largest absolute Gasteiger partial charge is 0.478 e. The summed E-state index contributed by atoms with van der Waals surface area (Å²) in [7, 11) is 0. The van der Waals surface area contributed by atoms with Gasteiger partial charge in [0.25, 0.3) is 0 Å². The standard InChI is InChI=1S/C10H19NO2/c1-4-9(5-2)11-7-6-8(3)10(12)13/h6,9,11H,4-5,7H2,1-3H3,(H,12,13)/b8-6-. The van der Waals surface area contributed by atoms with Crippen LogP contribution >= 0.6 is 0 Å². The molecule has 0 aliphatic rings. The highest BCUT2D eigenvalue weighted by Gasteiger charge is 2.01. The van der Waals surface area contributed by atoms with Crippen molar-refractivity contribution in [2.75, 3.05) is 6.54 Å². The maximum absolute atomic E-state index is 10.4. The molecule has 0 heterocycles. The van der Waals surface area contributed by atoms with Crippen LogP contribution in [0.3, 0.4) is 0 Å². The lowest BCUT2D eigenvalue weighted by Gasteiger charge is -2.12. The molecular formula is C10H19NO2. The number of nitrogens with one attached hydrogen (secondary N) is 1. The summed E-state index contributed by atoms with van der Waals surface area (Å²) in [6.07, 6.45) is 3.87. The zero-order valence-corrected chi connectivity index (χ0v) is 8.63. The molecule has 13 heavy (non-hydrogen) atoms. The minimum atomic E-state index is -0.841. The maximum Gasteiger partial charge on any atom is 0.330 e. The average molecular weight is 185 g/mol. The number of carboxylic acids is 1. The third kappa shape index (κ3) is 5.42. The monoisotopic (exact) mass is 185 g/mol. The van der Waals surface area contributed by atoms with Crippen LogP contribution in [0.5, 0.6) is 0 Å². The summed E-state index contributed by atoms with van der Waals surface area (Å²) < 4.78 is 0. The smallest absolute Gasteiger partial charge is 0.330 e. The van der Waals surface area contributed by atoms with Crippen molar-refractivity contribution in [2.24, 2.45) is 0 Å². The molecule has 0 atom stereocenters. The van der Waals surface area contributed by atoms with E-state index < -0.39 is 5.97 Å². The Kier molecular flexibility index (Phi) is 6.24. The van der Waals surface area contributed by atoms with Crippen molar-refractivity contribution in [1.82, 2.24) is 5.32 Å². The maximum atomic E-state index is 10.4. The van der Waals surface area contributed by atoms with E-state index in [9.17, 15) is 4.79 Å². The fourth-order valence-corrected chi connectivity index (χ4v) is 1.04. The molecule has 2 N–H and O–H groups in total. The van der Waals surface area contributed by atoms with Gasteiger partial charge in [-0.25, -0.2) is 4.79 Å². The lowest BCUT2D eigenvalue weighted by molar-refractivity contribution is -0.132. The Morgan fingerprint density at radius 2 is 2.00 bits per heavy atom. The van der Waals surface area contributed by atoms with Gasteiger partial charge in [0, 0.05) is 18.2 Å². The first-order valence-corrected chi connectivity index (χ1v) is 4.75. The van der Waals surface area contributed by atoms with Crippen LogP contribution in [0.15, 0.2) is 11.6 Å². The molecule has 0 rings (SSSR count). The van der Waals surface area contributed by atoms with E-state index in [0.29, 0.717) is 18.2 Å². The molecule has 0 fully saturated rings. The van der Waals surface area contributed by atoms with Crippen LogP contribution in [-0.4, -0.2) is 23.7 Å². The fourth-order valence-electron chi connectivity index (χ4n) is 1.04. The molecular weight excluding hydrogens is 166 g/mol. The van der Waals surface area contributed by atoms with E-state index in [2.05, 4.69) is 19.2 Å². The summed E-state index contributed by atoms with van der Waals surface area (Å²) in [6, 6.07) is 0.498. The van der Waals surface area contributed by atoms with Gasteiger partial charge in [-0.1, -0.05) is 19.9 Å². The van der Waals surface area contributed by atoms with Crippen molar-refractivity contribution in [3.63, 3.8) is 0 Å².